The first-order valence-corrected chi connectivity index (χ1v) is 10.3. The van der Waals surface area contributed by atoms with E-state index in [-0.39, 0.29) is 5.97 Å². The molecule has 0 amide bonds. The number of hydrogen-bond donors (Lipinski definition) is 0. The van der Waals surface area contributed by atoms with Crippen LogP contribution < -0.4 is 0 Å². The summed E-state index contributed by atoms with van der Waals surface area (Å²) in [5.41, 5.74) is 0.648. The minimum atomic E-state index is -0.200. The molecule has 3 heteroatoms. The molecule has 23 heavy (non-hydrogen) atoms. The molecule has 0 aliphatic carbocycles. The van der Waals surface area contributed by atoms with E-state index in [4.69, 9.17) is 4.74 Å². The number of unbranched alkanes of at least 4 members (excludes halogenated alkanes) is 9. The third-order valence-corrected chi connectivity index (χ3v) is 4.80. The average molecular weight is 337 g/mol. The Kier molecular flexibility index (Phi) is 11.8. The molecule has 0 atom stereocenters. The number of thioether (sulfide) groups is 1. The molecule has 0 radical (unpaired) electrons. The summed E-state index contributed by atoms with van der Waals surface area (Å²) in [5, 5.41) is 0. The van der Waals surface area contributed by atoms with E-state index in [0.717, 1.165) is 17.7 Å². The van der Waals surface area contributed by atoms with Crippen molar-refractivity contribution in [2.24, 2.45) is 0 Å². The Labute approximate surface area is 146 Å². The highest BCUT2D eigenvalue weighted by atomic mass is 32.2. The van der Waals surface area contributed by atoms with Gasteiger partial charge in [0.2, 0.25) is 0 Å². The van der Waals surface area contributed by atoms with Crippen LogP contribution in [0.5, 0.6) is 0 Å². The number of esters is 1. The van der Waals surface area contributed by atoms with E-state index in [2.05, 4.69) is 6.92 Å². The van der Waals surface area contributed by atoms with Crippen LogP contribution in [-0.4, -0.2) is 18.8 Å². The van der Waals surface area contributed by atoms with Crippen molar-refractivity contribution in [2.45, 2.75) is 76.0 Å². The van der Waals surface area contributed by atoms with Gasteiger partial charge in [-0.3, -0.25) is 0 Å². The van der Waals surface area contributed by atoms with E-state index in [9.17, 15) is 4.79 Å². The van der Waals surface area contributed by atoms with Gasteiger partial charge in [-0.15, -0.1) is 11.8 Å². The maximum atomic E-state index is 11.9. The first-order chi connectivity index (χ1) is 11.3. The van der Waals surface area contributed by atoms with Gasteiger partial charge in [-0.2, -0.15) is 0 Å². The van der Waals surface area contributed by atoms with Crippen LogP contribution in [0, 0.1) is 0 Å². The monoisotopic (exact) mass is 336 g/mol. The van der Waals surface area contributed by atoms with Crippen LogP contribution in [-0.2, 0) is 4.74 Å². The second-order valence-corrected chi connectivity index (χ2v) is 6.93. The molecular weight excluding hydrogens is 304 g/mol. The van der Waals surface area contributed by atoms with E-state index in [1.165, 1.54) is 51.4 Å². The molecule has 0 aliphatic rings. The second-order valence-electron chi connectivity index (χ2n) is 6.05. The van der Waals surface area contributed by atoms with Crippen molar-refractivity contribution in [3.63, 3.8) is 0 Å². The first kappa shape index (κ1) is 20.1. The second kappa shape index (κ2) is 13.5. The number of rotatable bonds is 13. The number of carbonyl (C=O) groups is 1. The van der Waals surface area contributed by atoms with Gasteiger partial charge in [-0.25, -0.2) is 4.79 Å². The summed E-state index contributed by atoms with van der Waals surface area (Å²) in [4.78, 5) is 13.0. The molecule has 1 rings (SSSR count). The van der Waals surface area contributed by atoms with Gasteiger partial charge in [0, 0.05) is 4.90 Å². The summed E-state index contributed by atoms with van der Waals surface area (Å²) in [6.07, 6.45) is 14.9. The first-order valence-electron chi connectivity index (χ1n) is 9.09. The third kappa shape index (κ3) is 9.70. The largest absolute Gasteiger partial charge is 0.462 e. The zero-order valence-corrected chi connectivity index (χ0v) is 15.6. The molecule has 1 aromatic carbocycles. The number of carbonyl (C=O) groups excluding carboxylic acids is 1. The van der Waals surface area contributed by atoms with Crippen molar-refractivity contribution in [2.75, 3.05) is 12.9 Å². The van der Waals surface area contributed by atoms with Gasteiger partial charge >= 0.3 is 5.97 Å². The van der Waals surface area contributed by atoms with Gasteiger partial charge in [-0.05, 0) is 36.9 Å². The Morgan fingerprint density at radius 2 is 1.39 bits per heavy atom. The molecule has 130 valence electrons. The fraction of sp³-hybridized carbons (Fsp3) is 0.650. The summed E-state index contributed by atoms with van der Waals surface area (Å²) in [7, 11) is 0. The lowest BCUT2D eigenvalue weighted by molar-refractivity contribution is 0.0497. The summed E-state index contributed by atoms with van der Waals surface area (Å²) < 4.78 is 5.33. The minimum absolute atomic E-state index is 0.200. The molecule has 0 spiro atoms. The molecule has 0 N–H and O–H groups in total. The van der Waals surface area contributed by atoms with Crippen molar-refractivity contribution >= 4 is 17.7 Å². The SMILES string of the molecule is CCCCCCCCCCCCOC(=O)c1ccc(SC)cc1. The molecule has 0 aliphatic heterocycles. The molecule has 0 saturated heterocycles. The third-order valence-electron chi connectivity index (χ3n) is 4.06. The van der Waals surface area contributed by atoms with Gasteiger partial charge in [0.15, 0.2) is 0 Å². The maximum absolute atomic E-state index is 11.9. The molecule has 0 fully saturated rings. The number of hydrogen-bond acceptors (Lipinski definition) is 3. The highest BCUT2D eigenvalue weighted by molar-refractivity contribution is 7.98. The zero-order chi connectivity index (χ0) is 16.8. The molecule has 1 aromatic rings. The van der Waals surface area contributed by atoms with Crippen molar-refractivity contribution in [3.8, 4) is 0 Å². The van der Waals surface area contributed by atoms with Gasteiger partial charge in [0.1, 0.15) is 0 Å². The Hall–Kier alpha value is -0.960. The van der Waals surface area contributed by atoms with Crippen molar-refractivity contribution in [1.29, 1.82) is 0 Å². The lowest BCUT2D eigenvalue weighted by Crippen LogP contribution is -2.06. The minimum Gasteiger partial charge on any atom is -0.462 e. The van der Waals surface area contributed by atoms with Crippen LogP contribution in [0.4, 0.5) is 0 Å². The lowest BCUT2D eigenvalue weighted by atomic mass is 10.1. The van der Waals surface area contributed by atoms with Crippen LogP contribution in [0.25, 0.3) is 0 Å². The van der Waals surface area contributed by atoms with Gasteiger partial charge in [-0.1, -0.05) is 64.7 Å². The zero-order valence-electron chi connectivity index (χ0n) is 14.8. The van der Waals surface area contributed by atoms with E-state index >= 15 is 0 Å². The van der Waals surface area contributed by atoms with Crippen molar-refractivity contribution in [1.82, 2.24) is 0 Å². The molecule has 2 nitrogen and oxygen atoms in total. The smallest absolute Gasteiger partial charge is 0.338 e. The molecule has 0 bridgehead atoms. The normalized spacial score (nSPS) is 10.7. The topological polar surface area (TPSA) is 26.3 Å². The van der Waals surface area contributed by atoms with Crippen LogP contribution in [0.2, 0.25) is 0 Å². The highest BCUT2D eigenvalue weighted by Gasteiger charge is 2.06. The van der Waals surface area contributed by atoms with Crippen LogP contribution in [0.3, 0.4) is 0 Å². The van der Waals surface area contributed by atoms with Crippen molar-refractivity contribution < 1.29 is 9.53 Å². The Balaban J connectivity index is 1.97. The fourth-order valence-electron chi connectivity index (χ4n) is 2.56. The Bertz CT molecular complexity index is 414. The molecular formula is C20H32O2S. The van der Waals surface area contributed by atoms with Gasteiger partial charge < -0.3 is 4.74 Å². The molecule has 0 heterocycles. The van der Waals surface area contributed by atoms with E-state index < -0.39 is 0 Å². The quantitative estimate of drug-likeness (QED) is 0.234. The summed E-state index contributed by atoms with van der Waals surface area (Å²) >= 11 is 1.67. The predicted molar refractivity (Wildman–Crippen MR) is 100 cm³/mol. The predicted octanol–water partition coefficient (Wildman–Crippen LogP) is 6.49. The van der Waals surface area contributed by atoms with Gasteiger partial charge in [0.05, 0.1) is 12.2 Å². The average Bonchev–Trinajstić information content (AvgIpc) is 2.59. The molecule has 0 saturated carbocycles. The van der Waals surface area contributed by atoms with E-state index in [1.807, 2.05) is 30.5 Å². The highest BCUT2D eigenvalue weighted by Crippen LogP contribution is 2.15. The van der Waals surface area contributed by atoms with Gasteiger partial charge in [0.25, 0.3) is 0 Å². The molecule has 0 unspecified atom stereocenters. The summed E-state index contributed by atoms with van der Waals surface area (Å²) in [6.45, 7) is 2.80. The standard InChI is InChI=1S/C20H32O2S/c1-3-4-5-6-7-8-9-10-11-12-17-22-20(21)18-13-15-19(23-2)16-14-18/h13-16H,3-12,17H2,1-2H3. The molecule has 0 aromatic heterocycles. The van der Waals surface area contributed by atoms with Crippen LogP contribution >= 0.6 is 11.8 Å². The number of benzene rings is 1. The Morgan fingerprint density at radius 1 is 0.870 bits per heavy atom. The lowest BCUT2D eigenvalue weighted by Gasteiger charge is -2.06. The fourth-order valence-corrected chi connectivity index (χ4v) is 2.97. The van der Waals surface area contributed by atoms with Crippen LogP contribution in [0.1, 0.15) is 81.5 Å². The summed E-state index contributed by atoms with van der Waals surface area (Å²) in [5.74, 6) is -0.200. The Morgan fingerprint density at radius 3 is 1.91 bits per heavy atom. The van der Waals surface area contributed by atoms with E-state index in [1.54, 1.807) is 11.8 Å². The van der Waals surface area contributed by atoms with Crippen LogP contribution in [0.15, 0.2) is 29.2 Å². The summed E-state index contributed by atoms with van der Waals surface area (Å²) in [6, 6.07) is 7.60. The maximum Gasteiger partial charge on any atom is 0.338 e. The van der Waals surface area contributed by atoms with E-state index in [0.29, 0.717) is 12.2 Å². The number of ether oxygens (including phenoxy) is 1. The van der Waals surface area contributed by atoms with Crippen molar-refractivity contribution in [3.05, 3.63) is 29.8 Å².